The number of hydrogen-bond donors (Lipinski definition) is 0. The molecule has 0 aliphatic carbocycles. The number of fused-ring (bicyclic) bond motifs is 2. The molecule has 10 heteroatoms. The van der Waals surface area contributed by atoms with Crippen LogP contribution >= 0.6 is 10.0 Å². The molecule has 3 heterocycles. The van der Waals surface area contributed by atoms with Crippen LogP contribution in [-0.4, -0.2) is 60.2 Å². The van der Waals surface area contributed by atoms with Crippen molar-refractivity contribution in [2.24, 2.45) is 0 Å². The van der Waals surface area contributed by atoms with Crippen LogP contribution in [0, 0.1) is 6.92 Å². The number of aromatic nitrogens is 6. The highest BCUT2D eigenvalue weighted by atomic mass is 32.3. The zero-order valence-corrected chi connectivity index (χ0v) is 23.1. The second-order valence-electron chi connectivity index (χ2n) is 10.1. The van der Waals surface area contributed by atoms with Crippen molar-refractivity contribution in [3.63, 3.8) is 0 Å². The molecule has 2 aromatic carbocycles. The molecule has 0 spiro atoms. The number of nitrogens with zero attached hydrogens (tertiary/aromatic N) is 6. The molecule has 0 N–H and O–H groups in total. The number of para-hydroxylation sites is 1. The van der Waals surface area contributed by atoms with Gasteiger partial charge in [0.05, 0.1) is 29.5 Å². The summed E-state index contributed by atoms with van der Waals surface area (Å²) in [5, 5.41) is 0.587. The molecule has 38 heavy (non-hydrogen) atoms. The van der Waals surface area contributed by atoms with E-state index in [2.05, 4.69) is 33.7 Å². The topological polar surface area (TPSA) is 96.9 Å². The van der Waals surface area contributed by atoms with Gasteiger partial charge in [0.15, 0.2) is 23.1 Å². The van der Waals surface area contributed by atoms with Crippen molar-refractivity contribution < 1.29 is 9.47 Å². The summed E-state index contributed by atoms with van der Waals surface area (Å²) in [7, 11) is -0.623. The van der Waals surface area contributed by atoms with E-state index >= 15 is 0 Å². The Morgan fingerprint density at radius 1 is 1.00 bits per heavy atom. The van der Waals surface area contributed by atoms with Gasteiger partial charge in [0.2, 0.25) is 5.88 Å². The number of imidazole rings is 1. The van der Waals surface area contributed by atoms with Gasteiger partial charge < -0.3 is 9.47 Å². The lowest BCUT2D eigenvalue weighted by Gasteiger charge is -2.24. The van der Waals surface area contributed by atoms with Crippen molar-refractivity contribution in [1.29, 1.82) is 0 Å². The van der Waals surface area contributed by atoms with E-state index < -0.39 is 16.1 Å². The lowest BCUT2D eigenvalue weighted by molar-refractivity contribution is 0.0919. The number of aryl methyl sites for hydroxylation is 1. The lowest BCUT2D eigenvalue weighted by atomic mass is 10.1. The summed E-state index contributed by atoms with van der Waals surface area (Å²) in [5.74, 6) is 1.82. The lowest BCUT2D eigenvalue weighted by Crippen LogP contribution is -2.27. The summed E-state index contributed by atoms with van der Waals surface area (Å²) in [6.07, 6.45) is 9.32. The van der Waals surface area contributed by atoms with Crippen molar-refractivity contribution in [1.82, 2.24) is 29.1 Å². The minimum absolute atomic E-state index is 0.142. The Balaban J connectivity index is 1.49. The predicted molar refractivity (Wildman–Crippen MR) is 153 cm³/mol. The molecular formula is C28H32N6O3S. The standard InChI is InChI=1S/C28H32N6O3S/c1-19-10-9-13-22-23(19)28(35)34(21-11-7-6-8-12-21)25(32-22)20(2)37-27-24-26(29-16-30-27)33(17-31-24)18-36-14-15-38(3,4)5/h6-13,16-17,20H,14-15,18H2,1-5H3. The maximum atomic E-state index is 13.7. The van der Waals surface area contributed by atoms with Crippen LogP contribution in [-0.2, 0) is 11.5 Å². The number of ether oxygens (including phenoxy) is 2. The zero-order chi connectivity index (χ0) is 26.9. The molecule has 5 rings (SSSR count). The van der Waals surface area contributed by atoms with Gasteiger partial charge in [0.25, 0.3) is 5.56 Å². The molecule has 0 amide bonds. The van der Waals surface area contributed by atoms with Crippen molar-refractivity contribution in [3.8, 4) is 11.6 Å². The minimum Gasteiger partial charge on any atom is -0.465 e. The fourth-order valence-electron chi connectivity index (χ4n) is 4.24. The van der Waals surface area contributed by atoms with Gasteiger partial charge in [0, 0.05) is 5.75 Å². The molecule has 0 saturated heterocycles. The molecule has 0 bridgehead atoms. The first-order valence-corrected chi connectivity index (χ1v) is 15.4. The fraction of sp³-hybridized carbons (Fsp3) is 0.321. The molecule has 0 aliphatic rings. The molecular weight excluding hydrogens is 500 g/mol. The van der Waals surface area contributed by atoms with E-state index in [1.807, 2.05) is 66.9 Å². The second-order valence-corrected chi connectivity index (χ2v) is 14.7. The van der Waals surface area contributed by atoms with Crippen molar-refractivity contribution in [3.05, 3.63) is 82.9 Å². The maximum absolute atomic E-state index is 13.7. The van der Waals surface area contributed by atoms with Gasteiger partial charge in [-0.1, -0.05) is 30.3 Å². The summed E-state index contributed by atoms with van der Waals surface area (Å²) < 4.78 is 15.6. The highest BCUT2D eigenvalue weighted by Gasteiger charge is 2.22. The molecule has 198 valence electrons. The Bertz CT molecular complexity index is 1640. The van der Waals surface area contributed by atoms with Crippen molar-refractivity contribution in [2.45, 2.75) is 26.7 Å². The fourth-order valence-corrected chi connectivity index (χ4v) is 4.86. The van der Waals surface area contributed by atoms with Crippen LogP contribution in [0.2, 0.25) is 0 Å². The molecule has 5 aromatic rings. The van der Waals surface area contributed by atoms with E-state index in [4.69, 9.17) is 14.5 Å². The predicted octanol–water partition coefficient (Wildman–Crippen LogP) is 4.64. The minimum atomic E-state index is -0.623. The smallest absolute Gasteiger partial charge is 0.266 e. The number of rotatable bonds is 9. The van der Waals surface area contributed by atoms with E-state index in [1.54, 1.807) is 10.9 Å². The largest absolute Gasteiger partial charge is 0.465 e. The normalized spacial score (nSPS) is 13.2. The molecule has 1 atom stereocenters. The van der Waals surface area contributed by atoms with Crippen LogP contribution in [0.4, 0.5) is 0 Å². The molecule has 9 nitrogen and oxygen atoms in total. The van der Waals surface area contributed by atoms with Crippen LogP contribution in [0.5, 0.6) is 5.88 Å². The van der Waals surface area contributed by atoms with Crippen molar-refractivity contribution >= 4 is 32.1 Å². The van der Waals surface area contributed by atoms with Gasteiger partial charge in [-0.2, -0.15) is 4.98 Å². The Kier molecular flexibility index (Phi) is 7.18. The Morgan fingerprint density at radius 2 is 1.79 bits per heavy atom. The van der Waals surface area contributed by atoms with Gasteiger partial charge in [-0.05, 0) is 56.4 Å². The highest BCUT2D eigenvalue weighted by Crippen LogP contribution is 2.33. The average Bonchev–Trinajstić information content (AvgIpc) is 3.30. The Labute approximate surface area is 222 Å². The summed E-state index contributed by atoms with van der Waals surface area (Å²) >= 11 is 0. The zero-order valence-electron chi connectivity index (χ0n) is 22.3. The molecule has 0 aliphatic heterocycles. The van der Waals surface area contributed by atoms with Crippen LogP contribution in [0.15, 0.2) is 66.0 Å². The van der Waals surface area contributed by atoms with Crippen LogP contribution in [0.25, 0.3) is 27.8 Å². The van der Waals surface area contributed by atoms with Crippen LogP contribution < -0.4 is 10.3 Å². The van der Waals surface area contributed by atoms with Gasteiger partial charge in [-0.3, -0.25) is 13.9 Å². The quantitative estimate of drug-likeness (QED) is 0.255. The Morgan fingerprint density at radius 3 is 2.55 bits per heavy atom. The van der Waals surface area contributed by atoms with Crippen molar-refractivity contribution in [2.75, 3.05) is 31.1 Å². The first-order valence-electron chi connectivity index (χ1n) is 12.4. The van der Waals surface area contributed by atoms with Crippen LogP contribution in [0.1, 0.15) is 24.4 Å². The van der Waals surface area contributed by atoms with E-state index in [0.29, 0.717) is 52.8 Å². The third-order valence-corrected chi connectivity index (χ3v) is 7.63. The average molecular weight is 533 g/mol. The summed E-state index contributed by atoms with van der Waals surface area (Å²) in [4.78, 5) is 31.9. The summed E-state index contributed by atoms with van der Waals surface area (Å²) in [5.41, 5.74) is 3.21. The molecule has 3 aromatic heterocycles. The number of hydrogen-bond acceptors (Lipinski definition) is 7. The summed E-state index contributed by atoms with van der Waals surface area (Å²) in [6, 6.07) is 15.1. The third kappa shape index (κ3) is 5.27. The van der Waals surface area contributed by atoms with Gasteiger partial charge in [-0.25, -0.2) is 25.0 Å². The first-order chi connectivity index (χ1) is 18.2. The third-order valence-electron chi connectivity index (χ3n) is 6.24. The van der Waals surface area contributed by atoms with Gasteiger partial charge in [0.1, 0.15) is 13.1 Å². The molecule has 1 unspecified atom stereocenters. The van der Waals surface area contributed by atoms with E-state index in [1.165, 1.54) is 6.33 Å². The van der Waals surface area contributed by atoms with E-state index in [0.717, 1.165) is 11.3 Å². The van der Waals surface area contributed by atoms with E-state index in [-0.39, 0.29) is 5.56 Å². The second kappa shape index (κ2) is 10.5. The molecule has 0 radical (unpaired) electrons. The summed E-state index contributed by atoms with van der Waals surface area (Å²) in [6.45, 7) is 4.79. The monoisotopic (exact) mass is 532 g/mol. The first kappa shape index (κ1) is 25.9. The van der Waals surface area contributed by atoms with E-state index in [9.17, 15) is 4.79 Å². The van der Waals surface area contributed by atoms with Gasteiger partial charge in [-0.15, -0.1) is 0 Å². The number of benzene rings is 2. The maximum Gasteiger partial charge on any atom is 0.266 e. The Hall–Kier alpha value is -3.76. The van der Waals surface area contributed by atoms with Crippen LogP contribution in [0.3, 0.4) is 0 Å². The molecule has 0 fully saturated rings. The van der Waals surface area contributed by atoms with Gasteiger partial charge >= 0.3 is 0 Å². The molecule has 0 saturated carbocycles. The highest BCUT2D eigenvalue weighted by molar-refractivity contribution is 8.32. The SMILES string of the molecule is Cc1cccc2nc(C(C)Oc3ncnc4c3ncn4COCCS(C)(C)C)n(-c3ccccc3)c(=O)c12.